The zero-order chi connectivity index (χ0) is 13.4. The van der Waals surface area contributed by atoms with E-state index in [9.17, 15) is 9.18 Å². The molecular formula is C11H7ClFN3OS2. The number of benzene rings is 1. The van der Waals surface area contributed by atoms with E-state index < -0.39 is 11.2 Å². The summed E-state index contributed by atoms with van der Waals surface area (Å²) >= 11 is 8.63. The number of amides is 1. The van der Waals surface area contributed by atoms with Gasteiger partial charge in [0.1, 0.15) is 16.7 Å². The topological polar surface area (TPSA) is 46.1 Å². The van der Waals surface area contributed by atoms with Crippen LogP contribution in [0, 0.1) is 5.82 Å². The van der Waals surface area contributed by atoms with E-state index in [0.29, 0.717) is 15.7 Å². The van der Waals surface area contributed by atoms with Gasteiger partial charge in [-0.1, -0.05) is 29.0 Å². The summed E-state index contributed by atoms with van der Waals surface area (Å²) in [5, 5.41) is 7.86. The molecule has 1 atom stereocenters. The molecule has 1 saturated heterocycles. The number of rotatable bonds is 2. The van der Waals surface area contributed by atoms with E-state index >= 15 is 0 Å². The SMILES string of the molecule is O=C1CS[C@@H](c2c(F)cccc2Cl)N1c1nncs1. The fraction of sp³-hybridized carbons (Fsp3) is 0.182. The summed E-state index contributed by atoms with van der Waals surface area (Å²) in [5.74, 6) is -0.269. The summed E-state index contributed by atoms with van der Waals surface area (Å²) in [4.78, 5) is 13.4. The number of nitrogens with zero attached hydrogens (tertiary/aromatic N) is 3. The van der Waals surface area contributed by atoms with Crippen LogP contribution in [0.15, 0.2) is 23.7 Å². The van der Waals surface area contributed by atoms with E-state index in [1.807, 2.05) is 0 Å². The molecule has 0 saturated carbocycles. The van der Waals surface area contributed by atoms with Crippen molar-refractivity contribution >= 4 is 45.7 Å². The largest absolute Gasteiger partial charge is 0.273 e. The van der Waals surface area contributed by atoms with E-state index in [4.69, 9.17) is 11.6 Å². The van der Waals surface area contributed by atoms with Crippen molar-refractivity contribution in [1.29, 1.82) is 0 Å². The molecule has 0 unspecified atom stereocenters. The smallest absolute Gasteiger partial charge is 0.240 e. The normalized spacial score (nSPS) is 19.2. The van der Waals surface area contributed by atoms with E-state index in [1.165, 1.54) is 45.6 Å². The van der Waals surface area contributed by atoms with Crippen LogP contribution in [0.5, 0.6) is 0 Å². The molecule has 0 aliphatic carbocycles. The highest BCUT2D eigenvalue weighted by atomic mass is 35.5. The first-order chi connectivity index (χ1) is 9.18. The van der Waals surface area contributed by atoms with Crippen molar-refractivity contribution in [2.45, 2.75) is 5.37 Å². The number of anilines is 1. The van der Waals surface area contributed by atoms with Crippen LogP contribution >= 0.6 is 34.7 Å². The van der Waals surface area contributed by atoms with Gasteiger partial charge in [-0.15, -0.1) is 22.0 Å². The number of hydrogen-bond donors (Lipinski definition) is 0. The van der Waals surface area contributed by atoms with E-state index in [-0.39, 0.29) is 11.7 Å². The number of hydrogen-bond acceptors (Lipinski definition) is 5. The molecule has 0 spiro atoms. The fourth-order valence-corrected chi connectivity index (χ4v) is 4.08. The van der Waals surface area contributed by atoms with Crippen molar-refractivity contribution in [3.8, 4) is 0 Å². The molecule has 1 aliphatic heterocycles. The Bertz CT molecular complexity index is 602. The molecule has 0 bridgehead atoms. The summed E-state index contributed by atoms with van der Waals surface area (Å²) in [6.45, 7) is 0. The molecule has 4 nitrogen and oxygen atoms in total. The highest BCUT2D eigenvalue weighted by Crippen LogP contribution is 2.45. The van der Waals surface area contributed by atoms with Crippen LogP contribution in [0.1, 0.15) is 10.9 Å². The van der Waals surface area contributed by atoms with Gasteiger partial charge in [-0.3, -0.25) is 9.69 Å². The maximum Gasteiger partial charge on any atom is 0.240 e. The Morgan fingerprint density at radius 3 is 3.00 bits per heavy atom. The van der Waals surface area contributed by atoms with Crippen molar-refractivity contribution in [2.24, 2.45) is 0 Å². The monoisotopic (exact) mass is 315 g/mol. The third kappa shape index (κ3) is 2.22. The van der Waals surface area contributed by atoms with Gasteiger partial charge >= 0.3 is 0 Å². The lowest BCUT2D eigenvalue weighted by Crippen LogP contribution is -2.28. The zero-order valence-electron chi connectivity index (χ0n) is 9.42. The van der Waals surface area contributed by atoms with E-state index in [0.717, 1.165) is 0 Å². The van der Waals surface area contributed by atoms with Crippen molar-refractivity contribution in [3.05, 3.63) is 40.1 Å². The molecule has 1 amide bonds. The molecule has 1 aromatic carbocycles. The highest BCUT2D eigenvalue weighted by molar-refractivity contribution is 8.00. The Morgan fingerprint density at radius 1 is 1.47 bits per heavy atom. The quantitative estimate of drug-likeness (QED) is 0.854. The molecule has 98 valence electrons. The molecule has 0 radical (unpaired) electrons. The third-order valence-electron chi connectivity index (χ3n) is 2.67. The first-order valence-electron chi connectivity index (χ1n) is 5.32. The molecular weight excluding hydrogens is 309 g/mol. The van der Waals surface area contributed by atoms with Crippen LogP contribution < -0.4 is 4.90 Å². The lowest BCUT2D eigenvalue weighted by molar-refractivity contribution is -0.115. The molecule has 3 rings (SSSR count). The maximum atomic E-state index is 14.0. The van der Waals surface area contributed by atoms with Gasteiger partial charge in [0.25, 0.3) is 0 Å². The van der Waals surface area contributed by atoms with Crippen molar-refractivity contribution in [2.75, 3.05) is 10.7 Å². The number of halogens is 2. The Labute approximate surface area is 121 Å². The second-order valence-electron chi connectivity index (χ2n) is 3.78. The predicted octanol–water partition coefficient (Wildman–Crippen LogP) is 3.11. The summed E-state index contributed by atoms with van der Waals surface area (Å²) in [7, 11) is 0. The number of thioether (sulfide) groups is 1. The van der Waals surface area contributed by atoms with Gasteiger partial charge in [0, 0.05) is 10.6 Å². The minimum atomic E-state index is -0.492. The Morgan fingerprint density at radius 2 is 2.32 bits per heavy atom. The predicted molar refractivity (Wildman–Crippen MR) is 74.0 cm³/mol. The second kappa shape index (κ2) is 5.07. The molecule has 0 N–H and O–H groups in total. The van der Waals surface area contributed by atoms with Crippen molar-refractivity contribution in [3.63, 3.8) is 0 Å². The lowest BCUT2D eigenvalue weighted by Gasteiger charge is -2.22. The van der Waals surface area contributed by atoms with Gasteiger partial charge in [-0.2, -0.15) is 0 Å². The third-order valence-corrected chi connectivity index (χ3v) is 4.86. The van der Waals surface area contributed by atoms with Crippen molar-refractivity contribution < 1.29 is 9.18 Å². The lowest BCUT2D eigenvalue weighted by atomic mass is 10.2. The number of aromatic nitrogens is 2. The van der Waals surface area contributed by atoms with Crippen LogP contribution in [-0.2, 0) is 4.79 Å². The van der Waals surface area contributed by atoms with E-state index in [1.54, 1.807) is 6.07 Å². The summed E-state index contributed by atoms with van der Waals surface area (Å²) in [5.41, 5.74) is 1.85. The summed E-state index contributed by atoms with van der Waals surface area (Å²) in [6.07, 6.45) is 0. The van der Waals surface area contributed by atoms with Gasteiger partial charge in [0.15, 0.2) is 0 Å². The Hall–Kier alpha value is -1.18. The summed E-state index contributed by atoms with van der Waals surface area (Å²) in [6, 6.07) is 4.49. The van der Waals surface area contributed by atoms with Crippen LogP contribution in [0.2, 0.25) is 5.02 Å². The molecule has 1 aliphatic rings. The second-order valence-corrected chi connectivity index (χ2v) is 6.07. The highest BCUT2D eigenvalue weighted by Gasteiger charge is 2.38. The molecule has 2 heterocycles. The summed E-state index contributed by atoms with van der Waals surface area (Å²) < 4.78 is 14.0. The minimum absolute atomic E-state index is 0.119. The average molecular weight is 316 g/mol. The van der Waals surface area contributed by atoms with Gasteiger partial charge in [-0.25, -0.2) is 4.39 Å². The van der Waals surface area contributed by atoms with Gasteiger partial charge in [0.2, 0.25) is 11.0 Å². The number of carbonyl (C=O) groups is 1. The van der Waals surface area contributed by atoms with Crippen LogP contribution in [0.3, 0.4) is 0 Å². The van der Waals surface area contributed by atoms with Crippen LogP contribution in [-0.4, -0.2) is 21.9 Å². The van der Waals surface area contributed by atoms with Crippen molar-refractivity contribution in [1.82, 2.24) is 10.2 Å². The maximum absolute atomic E-state index is 14.0. The standard InChI is InChI=1S/C11H7ClFN3OS2/c12-6-2-1-3-7(13)9(6)10-16(8(17)4-18-10)11-15-14-5-19-11/h1-3,5,10H,4H2/t10-/m0/s1. The van der Waals surface area contributed by atoms with Gasteiger partial charge in [0.05, 0.1) is 5.75 Å². The zero-order valence-corrected chi connectivity index (χ0v) is 11.8. The fourth-order valence-electron chi connectivity index (χ4n) is 1.86. The molecule has 2 aromatic rings. The average Bonchev–Trinajstić information content (AvgIpc) is 2.99. The molecule has 1 aromatic heterocycles. The van der Waals surface area contributed by atoms with E-state index in [2.05, 4.69) is 10.2 Å². The molecule has 19 heavy (non-hydrogen) atoms. The minimum Gasteiger partial charge on any atom is -0.273 e. The first kappa shape index (κ1) is 12.8. The first-order valence-corrected chi connectivity index (χ1v) is 7.63. The Balaban J connectivity index is 2.07. The van der Waals surface area contributed by atoms with Crippen LogP contribution in [0.4, 0.5) is 9.52 Å². The van der Waals surface area contributed by atoms with Gasteiger partial charge < -0.3 is 0 Å². The molecule has 8 heteroatoms. The van der Waals surface area contributed by atoms with Gasteiger partial charge in [-0.05, 0) is 12.1 Å². The number of carbonyl (C=O) groups excluding carboxylic acids is 1. The molecule has 1 fully saturated rings. The van der Waals surface area contributed by atoms with Crippen LogP contribution in [0.25, 0.3) is 0 Å². The Kier molecular flexibility index (Phi) is 3.42.